The largest absolute Gasteiger partial charge is 0.497 e. The van der Waals surface area contributed by atoms with Crippen molar-refractivity contribution in [3.63, 3.8) is 0 Å². The Morgan fingerprint density at radius 3 is 2.20 bits per heavy atom. The first-order chi connectivity index (χ1) is 14.3. The van der Waals surface area contributed by atoms with Crippen molar-refractivity contribution in [2.24, 2.45) is 7.05 Å². The predicted molar refractivity (Wildman–Crippen MR) is 116 cm³/mol. The lowest BCUT2D eigenvalue weighted by Crippen LogP contribution is -2.32. The number of pyridine rings is 1. The van der Waals surface area contributed by atoms with E-state index in [1.807, 2.05) is 0 Å². The molecule has 0 aliphatic heterocycles. The van der Waals surface area contributed by atoms with Crippen LogP contribution >= 0.6 is 46.4 Å². The number of hydrogen-bond donors (Lipinski definition) is 1. The van der Waals surface area contributed by atoms with Gasteiger partial charge < -0.3 is 19.4 Å². The lowest BCUT2D eigenvalue weighted by atomic mass is 10.0. The van der Waals surface area contributed by atoms with Crippen LogP contribution in [0.4, 0.5) is 0 Å². The Balaban J connectivity index is 2.08. The second-order valence-corrected chi connectivity index (χ2v) is 7.63. The third-order valence-corrected chi connectivity index (χ3v) is 5.98. The minimum absolute atomic E-state index is 0.0296. The van der Waals surface area contributed by atoms with Gasteiger partial charge in [0.2, 0.25) is 0 Å². The average molecular weight is 490 g/mol. The van der Waals surface area contributed by atoms with Gasteiger partial charge in [-0.1, -0.05) is 46.4 Å². The van der Waals surface area contributed by atoms with Gasteiger partial charge in [0, 0.05) is 25.5 Å². The van der Waals surface area contributed by atoms with Crippen molar-refractivity contribution in [3.8, 4) is 11.5 Å². The highest BCUT2D eigenvalue weighted by atomic mass is 35.5. The monoisotopic (exact) mass is 488 g/mol. The van der Waals surface area contributed by atoms with E-state index in [4.69, 9.17) is 55.9 Å². The molecule has 1 aromatic carbocycles. The van der Waals surface area contributed by atoms with Crippen LogP contribution in [-0.2, 0) is 7.05 Å². The molecule has 0 bridgehead atoms. The molecule has 2 aromatic heterocycles. The van der Waals surface area contributed by atoms with E-state index >= 15 is 0 Å². The Bertz CT molecular complexity index is 1080. The van der Waals surface area contributed by atoms with Crippen LogP contribution in [0.1, 0.15) is 27.9 Å². The highest BCUT2D eigenvalue weighted by Gasteiger charge is 2.26. The number of carbonyl (C=O) groups is 1. The second-order valence-electron chi connectivity index (χ2n) is 6.14. The number of aryl methyl sites for hydroxylation is 1. The van der Waals surface area contributed by atoms with Gasteiger partial charge in [-0.05, 0) is 17.7 Å². The number of carbonyl (C=O) groups excluding carboxylic acids is 1. The molecule has 1 amide bonds. The fraction of sp³-hybridized carbons (Fsp3) is 0.211. The van der Waals surface area contributed by atoms with E-state index in [-0.39, 0.29) is 25.9 Å². The lowest BCUT2D eigenvalue weighted by molar-refractivity contribution is 0.0936. The van der Waals surface area contributed by atoms with Crippen molar-refractivity contribution in [2.45, 2.75) is 6.04 Å². The molecule has 1 unspecified atom stereocenters. The molecule has 0 radical (unpaired) electrons. The fourth-order valence-corrected chi connectivity index (χ4v) is 3.60. The number of aromatic nitrogens is 3. The van der Waals surface area contributed by atoms with Gasteiger partial charge in [0.15, 0.2) is 0 Å². The van der Waals surface area contributed by atoms with Crippen molar-refractivity contribution in [1.29, 1.82) is 0 Å². The van der Waals surface area contributed by atoms with Crippen LogP contribution in [0.25, 0.3) is 0 Å². The molecule has 0 aliphatic rings. The quantitative estimate of drug-likeness (QED) is 0.495. The summed E-state index contributed by atoms with van der Waals surface area (Å²) in [6.45, 7) is 0. The van der Waals surface area contributed by atoms with E-state index in [1.165, 1.54) is 14.2 Å². The standard InChI is InChI=1S/C19H16Cl4N4O3/c1-27-5-4-24-18(27)15(9-6-10(29-2)8-11(7-9)30-3)26-19(28)16-13(21)12(20)14(22)17(23)25-16/h4-8,15H,1-3H3,(H,26,28). The molecule has 3 aromatic rings. The normalized spacial score (nSPS) is 11.8. The zero-order valence-electron chi connectivity index (χ0n) is 16.0. The summed E-state index contributed by atoms with van der Waals surface area (Å²) in [6, 6.07) is 4.56. The van der Waals surface area contributed by atoms with E-state index in [1.54, 1.807) is 42.2 Å². The minimum Gasteiger partial charge on any atom is -0.497 e. The molecule has 0 spiro atoms. The van der Waals surface area contributed by atoms with E-state index in [9.17, 15) is 4.79 Å². The first-order valence-corrected chi connectivity index (χ1v) is 9.99. The third kappa shape index (κ3) is 4.44. The lowest BCUT2D eigenvalue weighted by Gasteiger charge is -2.21. The number of ether oxygens (including phenoxy) is 2. The number of methoxy groups -OCH3 is 2. The first kappa shape index (κ1) is 22.5. The summed E-state index contributed by atoms with van der Waals surface area (Å²) in [4.78, 5) is 21.4. The number of halogens is 4. The van der Waals surface area contributed by atoms with Crippen molar-refractivity contribution in [3.05, 3.63) is 67.9 Å². The van der Waals surface area contributed by atoms with Crippen molar-refractivity contribution in [2.75, 3.05) is 14.2 Å². The Morgan fingerprint density at radius 2 is 1.67 bits per heavy atom. The maximum absolute atomic E-state index is 13.1. The molecule has 0 fully saturated rings. The van der Waals surface area contributed by atoms with E-state index in [2.05, 4.69) is 15.3 Å². The first-order valence-electron chi connectivity index (χ1n) is 8.47. The summed E-state index contributed by atoms with van der Waals surface area (Å²) in [6.07, 6.45) is 3.38. The van der Waals surface area contributed by atoms with Gasteiger partial charge in [-0.2, -0.15) is 0 Å². The Morgan fingerprint density at radius 1 is 1.03 bits per heavy atom. The van der Waals surface area contributed by atoms with Gasteiger partial charge in [0.05, 0.1) is 29.3 Å². The van der Waals surface area contributed by atoms with Crippen LogP contribution in [0, 0.1) is 0 Å². The summed E-state index contributed by atoms with van der Waals surface area (Å²) in [5.74, 6) is 1.04. The molecule has 3 rings (SSSR count). The number of amides is 1. The molecule has 11 heteroatoms. The summed E-state index contributed by atoms with van der Waals surface area (Å²) < 4.78 is 12.5. The van der Waals surface area contributed by atoms with Crippen molar-refractivity contribution >= 4 is 52.3 Å². The van der Waals surface area contributed by atoms with E-state index in [0.717, 1.165) is 0 Å². The number of hydrogen-bond acceptors (Lipinski definition) is 5. The molecular formula is C19H16Cl4N4O3. The zero-order chi connectivity index (χ0) is 22.0. The molecule has 1 N–H and O–H groups in total. The van der Waals surface area contributed by atoms with Crippen LogP contribution in [-0.4, -0.2) is 34.7 Å². The highest BCUT2D eigenvalue weighted by molar-refractivity contribution is 6.52. The molecule has 0 saturated heterocycles. The molecule has 1 atom stereocenters. The molecular weight excluding hydrogens is 474 g/mol. The topological polar surface area (TPSA) is 78.3 Å². The number of rotatable bonds is 6. The summed E-state index contributed by atoms with van der Waals surface area (Å²) in [7, 11) is 4.88. The molecule has 7 nitrogen and oxygen atoms in total. The Labute approximate surface area is 192 Å². The second kappa shape index (κ2) is 9.31. The number of benzene rings is 1. The molecule has 0 saturated carbocycles. The Hall–Kier alpha value is -2.19. The summed E-state index contributed by atoms with van der Waals surface area (Å²) >= 11 is 24.2. The van der Waals surface area contributed by atoms with Gasteiger partial charge >= 0.3 is 0 Å². The summed E-state index contributed by atoms with van der Waals surface area (Å²) in [5, 5.41) is 2.55. The maximum atomic E-state index is 13.1. The molecule has 2 heterocycles. The van der Waals surface area contributed by atoms with Gasteiger partial charge in [-0.25, -0.2) is 9.97 Å². The number of imidazole rings is 1. The average Bonchev–Trinajstić information content (AvgIpc) is 3.17. The smallest absolute Gasteiger partial charge is 0.272 e. The molecule has 30 heavy (non-hydrogen) atoms. The van der Waals surface area contributed by atoms with Crippen LogP contribution in [0.2, 0.25) is 20.2 Å². The molecule has 158 valence electrons. The Kier molecular flexibility index (Phi) is 6.98. The number of nitrogens with zero attached hydrogens (tertiary/aromatic N) is 3. The van der Waals surface area contributed by atoms with E-state index < -0.39 is 11.9 Å². The predicted octanol–water partition coefficient (Wildman–Crippen LogP) is 4.97. The SMILES string of the molecule is COc1cc(OC)cc(C(NC(=O)c2nc(Cl)c(Cl)c(Cl)c2Cl)c2nccn2C)c1. The third-order valence-electron chi connectivity index (χ3n) is 4.30. The zero-order valence-corrected chi connectivity index (χ0v) is 19.1. The minimum atomic E-state index is -0.687. The van der Waals surface area contributed by atoms with Gasteiger partial charge in [-0.3, -0.25) is 4.79 Å². The highest BCUT2D eigenvalue weighted by Crippen LogP contribution is 2.36. The van der Waals surface area contributed by atoms with Gasteiger partial charge in [0.25, 0.3) is 5.91 Å². The van der Waals surface area contributed by atoms with Crippen LogP contribution in [0.5, 0.6) is 11.5 Å². The van der Waals surface area contributed by atoms with Gasteiger partial charge in [-0.15, -0.1) is 0 Å². The van der Waals surface area contributed by atoms with Gasteiger partial charge in [0.1, 0.15) is 34.2 Å². The maximum Gasteiger partial charge on any atom is 0.272 e. The van der Waals surface area contributed by atoms with Crippen LogP contribution in [0.3, 0.4) is 0 Å². The fourth-order valence-electron chi connectivity index (χ4n) is 2.79. The summed E-state index contributed by atoms with van der Waals surface area (Å²) in [5.41, 5.74) is 0.501. The van der Waals surface area contributed by atoms with Crippen LogP contribution in [0.15, 0.2) is 30.6 Å². The molecule has 0 aliphatic carbocycles. The number of nitrogens with one attached hydrogen (secondary N) is 1. The van der Waals surface area contributed by atoms with Crippen molar-refractivity contribution in [1.82, 2.24) is 19.9 Å². The van der Waals surface area contributed by atoms with Crippen LogP contribution < -0.4 is 14.8 Å². The van der Waals surface area contributed by atoms with E-state index in [0.29, 0.717) is 22.9 Å². The van der Waals surface area contributed by atoms with Crippen molar-refractivity contribution < 1.29 is 14.3 Å².